The smallest absolute Gasteiger partial charge is 0.257 e. The van der Waals surface area contributed by atoms with Crippen molar-refractivity contribution in [3.63, 3.8) is 0 Å². The fourth-order valence-electron chi connectivity index (χ4n) is 3.81. The average Bonchev–Trinajstić information content (AvgIpc) is 3.17. The number of rotatable bonds is 1. The van der Waals surface area contributed by atoms with Crippen molar-refractivity contribution < 1.29 is 4.74 Å². The molecule has 0 aromatic carbocycles. The van der Waals surface area contributed by atoms with E-state index in [4.69, 9.17) is 26.4 Å². The highest BCUT2D eigenvalue weighted by Gasteiger charge is 2.22. The van der Waals surface area contributed by atoms with Crippen molar-refractivity contribution in [1.29, 1.82) is 0 Å². The predicted octanol–water partition coefficient (Wildman–Crippen LogP) is 4.36. The monoisotopic (exact) mass is 423 g/mol. The van der Waals surface area contributed by atoms with Crippen molar-refractivity contribution in [3.05, 3.63) is 46.6 Å². The minimum absolute atomic E-state index is 0.231. The number of hydrogen-bond donors (Lipinski definition) is 1. The third-order valence-corrected chi connectivity index (χ3v) is 5.63. The zero-order valence-corrected chi connectivity index (χ0v) is 18.0. The van der Waals surface area contributed by atoms with Crippen molar-refractivity contribution in [1.82, 2.24) is 29.3 Å². The normalized spacial score (nSPS) is 16.1. The van der Waals surface area contributed by atoms with Gasteiger partial charge < -0.3 is 14.6 Å². The first-order valence-corrected chi connectivity index (χ1v) is 10.2. The Kier molecular flexibility index (Phi) is 4.39. The Labute approximate surface area is 178 Å². The first kappa shape index (κ1) is 18.9. The molecule has 4 aromatic heterocycles. The van der Waals surface area contributed by atoms with Crippen molar-refractivity contribution in [2.75, 3.05) is 11.9 Å². The van der Waals surface area contributed by atoms with E-state index in [1.165, 1.54) is 0 Å². The molecule has 8 nitrogen and oxygen atoms in total. The lowest BCUT2D eigenvalue weighted by Gasteiger charge is -2.13. The molecule has 1 atom stereocenters. The Balaban J connectivity index is 1.66. The van der Waals surface area contributed by atoms with Gasteiger partial charge in [0.15, 0.2) is 0 Å². The van der Waals surface area contributed by atoms with Gasteiger partial charge in [-0.2, -0.15) is 4.98 Å². The Morgan fingerprint density at radius 1 is 1.20 bits per heavy atom. The Morgan fingerprint density at radius 2 is 2.03 bits per heavy atom. The van der Waals surface area contributed by atoms with Gasteiger partial charge in [0, 0.05) is 30.6 Å². The number of ether oxygens (including phenoxy) is 1. The molecule has 1 unspecified atom stereocenters. The van der Waals surface area contributed by atoms with Gasteiger partial charge in [-0.3, -0.25) is 4.98 Å². The molecule has 0 amide bonds. The summed E-state index contributed by atoms with van der Waals surface area (Å²) in [4.78, 5) is 13.7. The standard InChI is InChI=1S/C21H22ClN7O/c1-11-8-28-9-16(22)15-7-23-21(26-19(15)28)25-18-14(4)29(27-20(18)30-10-11)17-6-5-12(2)24-13(17)3/h5-7,9,11H,8,10H2,1-4H3,(H,23,25,26). The van der Waals surface area contributed by atoms with Gasteiger partial charge in [0.05, 0.1) is 34.1 Å². The number of nitrogens with one attached hydrogen (secondary N) is 1. The molecule has 154 valence electrons. The number of nitrogens with zero attached hydrogens (tertiary/aromatic N) is 6. The quantitative estimate of drug-likeness (QED) is 0.489. The van der Waals surface area contributed by atoms with E-state index in [9.17, 15) is 0 Å². The zero-order valence-electron chi connectivity index (χ0n) is 17.3. The van der Waals surface area contributed by atoms with Gasteiger partial charge in [-0.1, -0.05) is 18.5 Å². The maximum absolute atomic E-state index is 6.38. The van der Waals surface area contributed by atoms with Crippen molar-refractivity contribution in [3.8, 4) is 11.6 Å². The van der Waals surface area contributed by atoms with Gasteiger partial charge in [-0.15, -0.1) is 5.10 Å². The highest BCUT2D eigenvalue weighted by Crippen LogP contribution is 2.34. The lowest BCUT2D eigenvalue weighted by Crippen LogP contribution is -2.15. The van der Waals surface area contributed by atoms with Gasteiger partial charge in [0.1, 0.15) is 11.3 Å². The third kappa shape index (κ3) is 3.08. The van der Waals surface area contributed by atoms with Crippen LogP contribution in [0.1, 0.15) is 24.0 Å². The van der Waals surface area contributed by atoms with Crippen LogP contribution in [0.2, 0.25) is 5.02 Å². The molecule has 1 aliphatic heterocycles. The summed E-state index contributed by atoms with van der Waals surface area (Å²) in [7, 11) is 0. The summed E-state index contributed by atoms with van der Waals surface area (Å²) in [6, 6.07) is 4.00. The lowest BCUT2D eigenvalue weighted by atomic mass is 10.2. The van der Waals surface area contributed by atoms with Crippen molar-refractivity contribution >= 4 is 34.3 Å². The number of pyridine rings is 1. The summed E-state index contributed by atoms with van der Waals surface area (Å²) < 4.78 is 10.0. The third-order valence-electron chi connectivity index (χ3n) is 5.33. The van der Waals surface area contributed by atoms with Crippen molar-refractivity contribution in [2.24, 2.45) is 5.92 Å². The van der Waals surface area contributed by atoms with E-state index in [1.54, 1.807) is 6.20 Å². The summed E-state index contributed by atoms with van der Waals surface area (Å²) in [5.74, 6) is 1.22. The van der Waals surface area contributed by atoms with Crippen LogP contribution in [0.15, 0.2) is 24.5 Å². The second-order valence-corrected chi connectivity index (χ2v) is 8.24. The number of hydrogen-bond acceptors (Lipinski definition) is 6. The van der Waals surface area contributed by atoms with Crippen LogP contribution >= 0.6 is 11.6 Å². The summed E-state index contributed by atoms with van der Waals surface area (Å²) in [5.41, 5.74) is 5.22. The summed E-state index contributed by atoms with van der Waals surface area (Å²) in [6.07, 6.45) is 3.65. The van der Waals surface area contributed by atoms with Crippen LogP contribution in [0.4, 0.5) is 11.6 Å². The lowest BCUT2D eigenvalue weighted by molar-refractivity contribution is 0.237. The minimum Gasteiger partial charge on any atom is -0.475 e. The number of aromatic nitrogens is 6. The predicted molar refractivity (Wildman–Crippen MR) is 116 cm³/mol. The molecule has 30 heavy (non-hydrogen) atoms. The number of anilines is 2. The maximum atomic E-state index is 6.38. The van der Waals surface area contributed by atoms with Gasteiger partial charge in [0.2, 0.25) is 5.95 Å². The van der Waals surface area contributed by atoms with Crippen LogP contribution in [0.3, 0.4) is 0 Å². The molecule has 2 bridgehead atoms. The molecule has 0 saturated heterocycles. The number of aryl methyl sites for hydroxylation is 2. The second kappa shape index (κ2) is 6.98. The van der Waals surface area contributed by atoms with Crippen LogP contribution in [0, 0.1) is 26.7 Å². The molecule has 0 radical (unpaired) electrons. The first-order valence-electron chi connectivity index (χ1n) is 9.86. The SMILES string of the molecule is Cc1ccc(-n2nc3c(c2C)Nc2ncc4c(Cl)cn(c4n2)CC(C)CO3)c(C)n1. The topological polar surface area (TPSA) is 82.7 Å². The molecular weight excluding hydrogens is 402 g/mol. The van der Waals surface area contributed by atoms with E-state index in [0.29, 0.717) is 23.5 Å². The Bertz CT molecular complexity index is 1280. The van der Waals surface area contributed by atoms with Gasteiger partial charge in [-0.25, -0.2) is 9.67 Å². The number of fused-ring (bicyclic) bond motifs is 2. The second-order valence-electron chi connectivity index (χ2n) is 7.84. The van der Waals surface area contributed by atoms with Crippen molar-refractivity contribution in [2.45, 2.75) is 34.2 Å². The molecule has 0 aliphatic carbocycles. The van der Waals surface area contributed by atoms with Gasteiger partial charge in [-0.05, 0) is 32.9 Å². The van der Waals surface area contributed by atoms with Gasteiger partial charge in [0.25, 0.3) is 5.88 Å². The molecule has 4 aromatic rings. The van der Waals surface area contributed by atoms with Crippen LogP contribution in [-0.2, 0) is 6.54 Å². The fourth-order valence-corrected chi connectivity index (χ4v) is 4.06. The highest BCUT2D eigenvalue weighted by molar-refractivity contribution is 6.35. The largest absolute Gasteiger partial charge is 0.475 e. The molecular formula is C21H22ClN7O. The molecule has 5 rings (SSSR count). The Morgan fingerprint density at radius 3 is 2.83 bits per heavy atom. The molecule has 5 heterocycles. The molecule has 9 heteroatoms. The minimum atomic E-state index is 0.231. The van der Waals surface area contributed by atoms with E-state index < -0.39 is 0 Å². The first-order chi connectivity index (χ1) is 14.4. The summed E-state index contributed by atoms with van der Waals surface area (Å²) in [6.45, 7) is 9.32. The van der Waals surface area contributed by atoms with E-state index in [-0.39, 0.29) is 5.92 Å². The van der Waals surface area contributed by atoms with Crippen LogP contribution in [-0.4, -0.2) is 35.9 Å². The molecule has 1 N–H and O–H groups in total. The maximum Gasteiger partial charge on any atom is 0.257 e. The van der Waals surface area contributed by atoms with E-state index >= 15 is 0 Å². The molecule has 0 saturated carbocycles. The van der Waals surface area contributed by atoms with E-state index in [0.717, 1.165) is 46.0 Å². The van der Waals surface area contributed by atoms with Crippen LogP contribution < -0.4 is 10.1 Å². The molecule has 0 fully saturated rings. The van der Waals surface area contributed by atoms with E-state index in [2.05, 4.69) is 26.8 Å². The van der Waals surface area contributed by atoms with Crippen LogP contribution in [0.25, 0.3) is 16.7 Å². The molecule has 0 spiro atoms. The zero-order chi connectivity index (χ0) is 21.0. The van der Waals surface area contributed by atoms with E-state index in [1.807, 2.05) is 43.8 Å². The fraction of sp³-hybridized carbons (Fsp3) is 0.333. The van der Waals surface area contributed by atoms with Gasteiger partial charge >= 0.3 is 0 Å². The summed E-state index contributed by atoms with van der Waals surface area (Å²) >= 11 is 6.38. The average molecular weight is 424 g/mol. The highest BCUT2D eigenvalue weighted by atomic mass is 35.5. The van der Waals surface area contributed by atoms with Crippen LogP contribution in [0.5, 0.6) is 5.88 Å². The summed E-state index contributed by atoms with van der Waals surface area (Å²) in [5, 5.41) is 9.54. The number of halogens is 1. The molecule has 1 aliphatic rings. The Hall–Kier alpha value is -3.13.